The lowest BCUT2D eigenvalue weighted by Crippen LogP contribution is -2.52. The second-order valence-electron chi connectivity index (χ2n) is 6.35. The number of rotatable bonds is 4. The van der Waals surface area contributed by atoms with Crippen molar-refractivity contribution in [2.45, 2.75) is 6.42 Å². The predicted octanol–water partition coefficient (Wildman–Crippen LogP) is 3.18. The molecule has 1 aliphatic rings. The van der Waals surface area contributed by atoms with Gasteiger partial charge in [-0.1, -0.05) is 12.1 Å². The molecule has 0 aliphatic carbocycles. The Morgan fingerprint density at radius 3 is 2.70 bits per heavy atom. The molecule has 6 nitrogen and oxygen atoms in total. The first-order valence-electron chi connectivity index (χ1n) is 9.01. The van der Waals surface area contributed by atoms with Gasteiger partial charge in [0.2, 0.25) is 0 Å². The standard InChI is InChI=1S/C19H24N6S.HI/c1-20-19(25-12-10-24(11-13-25)18-7-4-14-26-18)21-9-8-17-22-15-5-2-3-6-16(15)23-17;/h2-7,14H,8-13H2,1H3,(H,20,21)(H,22,23);1H. The van der Waals surface area contributed by atoms with Gasteiger partial charge in [-0.05, 0) is 29.6 Å². The Kier molecular flexibility index (Phi) is 6.95. The van der Waals surface area contributed by atoms with Crippen molar-refractivity contribution in [2.24, 2.45) is 4.99 Å². The molecule has 27 heavy (non-hydrogen) atoms. The summed E-state index contributed by atoms with van der Waals surface area (Å²) in [6.45, 7) is 4.86. The van der Waals surface area contributed by atoms with Crippen LogP contribution >= 0.6 is 35.3 Å². The number of imidazole rings is 1. The van der Waals surface area contributed by atoms with Gasteiger partial charge >= 0.3 is 0 Å². The predicted molar refractivity (Wildman–Crippen MR) is 125 cm³/mol. The molecule has 2 aromatic heterocycles. The number of para-hydroxylation sites is 2. The number of hydrogen-bond donors (Lipinski definition) is 2. The molecule has 3 heterocycles. The maximum Gasteiger partial charge on any atom is 0.193 e. The van der Waals surface area contributed by atoms with Gasteiger partial charge in [0.05, 0.1) is 16.0 Å². The molecule has 2 N–H and O–H groups in total. The van der Waals surface area contributed by atoms with Crippen LogP contribution in [0.4, 0.5) is 5.00 Å². The Morgan fingerprint density at radius 1 is 1.19 bits per heavy atom. The van der Waals surface area contributed by atoms with Crippen molar-refractivity contribution in [3.8, 4) is 0 Å². The van der Waals surface area contributed by atoms with Crippen LogP contribution in [0.5, 0.6) is 0 Å². The van der Waals surface area contributed by atoms with E-state index in [2.05, 4.69) is 53.7 Å². The van der Waals surface area contributed by atoms with Crippen molar-refractivity contribution in [3.63, 3.8) is 0 Å². The SMILES string of the molecule is CN=C(NCCc1nc2ccccc2[nH]1)N1CCN(c2cccs2)CC1.I. The number of guanidine groups is 1. The third-order valence-corrected chi connectivity index (χ3v) is 5.62. The number of halogens is 1. The van der Waals surface area contributed by atoms with Crippen molar-refractivity contribution in [3.05, 3.63) is 47.6 Å². The van der Waals surface area contributed by atoms with E-state index in [0.29, 0.717) is 0 Å². The topological polar surface area (TPSA) is 59.6 Å². The first-order valence-corrected chi connectivity index (χ1v) is 9.89. The van der Waals surface area contributed by atoms with Crippen LogP contribution in [0.25, 0.3) is 11.0 Å². The molecule has 1 aliphatic heterocycles. The number of nitrogens with one attached hydrogen (secondary N) is 2. The number of aromatic nitrogens is 2. The summed E-state index contributed by atoms with van der Waals surface area (Å²) in [4.78, 5) is 17.3. The number of thiophene rings is 1. The zero-order valence-corrected chi connectivity index (χ0v) is 18.5. The smallest absolute Gasteiger partial charge is 0.193 e. The third kappa shape index (κ3) is 4.73. The average Bonchev–Trinajstić information content (AvgIpc) is 3.35. The summed E-state index contributed by atoms with van der Waals surface area (Å²) in [5.74, 6) is 1.99. The van der Waals surface area contributed by atoms with Crippen molar-refractivity contribution in [1.29, 1.82) is 0 Å². The van der Waals surface area contributed by atoms with E-state index in [1.807, 2.05) is 36.6 Å². The van der Waals surface area contributed by atoms with Gasteiger partial charge in [0, 0.05) is 46.2 Å². The maximum absolute atomic E-state index is 4.63. The summed E-state index contributed by atoms with van der Waals surface area (Å²) in [5, 5.41) is 6.98. The number of benzene rings is 1. The first-order chi connectivity index (χ1) is 12.8. The van der Waals surface area contributed by atoms with Gasteiger partial charge in [-0.3, -0.25) is 4.99 Å². The molecule has 144 valence electrons. The number of H-pyrrole nitrogens is 1. The molecule has 0 spiro atoms. The molecular formula is C19H25IN6S. The van der Waals surface area contributed by atoms with E-state index in [1.54, 1.807) is 0 Å². The van der Waals surface area contributed by atoms with Gasteiger partial charge in [0.1, 0.15) is 5.82 Å². The van der Waals surface area contributed by atoms with Crippen LogP contribution in [-0.4, -0.2) is 60.6 Å². The van der Waals surface area contributed by atoms with E-state index < -0.39 is 0 Å². The van der Waals surface area contributed by atoms with Gasteiger partial charge in [0.15, 0.2) is 5.96 Å². The Balaban J connectivity index is 0.00000210. The van der Waals surface area contributed by atoms with E-state index in [1.165, 1.54) is 5.00 Å². The van der Waals surface area contributed by atoms with Gasteiger partial charge in [-0.15, -0.1) is 35.3 Å². The van der Waals surface area contributed by atoms with Gasteiger partial charge in [-0.2, -0.15) is 0 Å². The lowest BCUT2D eigenvalue weighted by molar-refractivity contribution is 0.373. The number of fused-ring (bicyclic) bond motifs is 1. The number of aromatic amines is 1. The van der Waals surface area contributed by atoms with Crippen LogP contribution in [0.1, 0.15) is 5.82 Å². The van der Waals surface area contributed by atoms with Crippen LogP contribution in [0.3, 0.4) is 0 Å². The highest BCUT2D eigenvalue weighted by Gasteiger charge is 2.20. The summed E-state index contributed by atoms with van der Waals surface area (Å²) in [5.41, 5.74) is 2.12. The van der Waals surface area contributed by atoms with Crippen LogP contribution in [0.2, 0.25) is 0 Å². The fraction of sp³-hybridized carbons (Fsp3) is 0.368. The highest BCUT2D eigenvalue weighted by Crippen LogP contribution is 2.22. The molecule has 8 heteroatoms. The number of piperazine rings is 1. The molecule has 3 aromatic rings. The van der Waals surface area contributed by atoms with E-state index in [-0.39, 0.29) is 24.0 Å². The highest BCUT2D eigenvalue weighted by molar-refractivity contribution is 14.0. The second kappa shape index (κ2) is 9.41. The van der Waals surface area contributed by atoms with Crippen LogP contribution in [0.15, 0.2) is 46.8 Å². The van der Waals surface area contributed by atoms with Crippen LogP contribution in [-0.2, 0) is 6.42 Å². The molecular weight excluding hydrogens is 471 g/mol. The molecule has 0 bridgehead atoms. The van der Waals surface area contributed by atoms with E-state index in [4.69, 9.17) is 0 Å². The molecule has 1 aromatic carbocycles. The first kappa shape index (κ1) is 19.9. The molecule has 1 saturated heterocycles. The zero-order chi connectivity index (χ0) is 17.8. The fourth-order valence-corrected chi connectivity index (χ4v) is 4.12. The Hall–Kier alpha value is -1.81. The monoisotopic (exact) mass is 496 g/mol. The molecule has 4 rings (SSSR count). The lowest BCUT2D eigenvalue weighted by Gasteiger charge is -2.37. The minimum atomic E-state index is 0. The van der Waals surface area contributed by atoms with Crippen molar-refractivity contribution in [1.82, 2.24) is 20.2 Å². The normalized spacial score (nSPS) is 15.1. The van der Waals surface area contributed by atoms with E-state index >= 15 is 0 Å². The molecule has 0 atom stereocenters. The largest absolute Gasteiger partial charge is 0.360 e. The molecule has 1 fully saturated rings. The second-order valence-corrected chi connectivity index (χ2v) is 7.28. The van der Waals surface area contributed by atoms with Gasteiger partial charge in [-0.25, -0.2) is 4.98 Å². The Bertz CT molecular complexity index is 834. The summed E-state index contributed by atoms with van der Waals surface area (Å²) in [7, 11) is 1.86. The van der Waals surface area contributed by atoms with Crippen molar-refractivity contribution in [2.75, 3.05) is 44.7 Å². The van der Waals surface area contributed by atoms with Crippen LogP contribution < -0.4 is 10.2 Å². The summed E-state index contributed by atoms with van der Waals surface area (Å²) in [6, 6.07) is 12.5. The average molecular weight is 496 g/mol. The fourth-order valence-electron chi connectivity index (χ4n) is 3.34. The van der Waals surface area contributed by atoms with Crippen molar-refractivity contribution >= 4 is 57.3 Å². The zero-order valence-electron chi connectivity index (χ0n) is 15.4. The number of hydrogen-bond acceptors (Lipinski definition) is 4. The lowest BCUT2D eigenvalue weighted by atomic mass is 10.3. The maximum atomic E-state index is 4.63. The summed E-state index contributed by atoms with van der Waals surface area (Å²) < 4.78 is 0. The Morgan fingerprint density at radius 2 is 2.00 bits per heavy atom. The third-order valence-electron chi connectivity index (χ3n) is 4.69. The number of nitrogens with zero attached hydrogens (tertiary/aromatic N) is 4. The quantitative estimate of drug-likeness (QED) is 0.331. The van der Waals surface area contributed by atoms with Gasteiger partial charge in [0.25, 0.3) is 0 Å². The minimum absolute atomic E-state index is 0. The molecule has 0 amide bonds. The van der Waals surface area contributed by atoms with Crippen LogP contribution in [0, 0.1) is 0 Å². The highest BCUT2D eigenvalue weighted by atomic mass is 127. The summed E-state index contributed by atoms with van der Waals surface area (Å²) >= 11 is 1.81. The van der Waals surface area contributed by atoms with E-state index in [0.717, 1.165) is 62.0 Å². The van der Waals surface area contributed by atoms with E-state index in [9.17, 15) is 0 Å². The minimum Gasteiger partial charge on any atom is -0.360 e. The number of anilines is 1. The molecule has 0 radical (unpaired) electrons. The van der Waals surface area contributed by atoms with Crippen molar-refractivity contribution < 1.29 is 0 Å². The van der Waals surface area contributed by atoms with Gasteiger partial charge < -0.3 is 20.1 Å². The summed E-state index contributed by atoms with van der Waals surface area (Å²) in [6.07, 6.45) is 0.850. The number of aliphatic imine (C=N–C) groups is 1. The molecule has 0 unspecified atom stereocenters. The Labute approximate surface area is 180 Å². The molecule has 0 saturated carbocycles.